The molecule has 1 aliphatic heterocycles. The average Bonchev–Trinajstić information content (AvgIpc) is 3.20. The summed E-state index contributed by atoms with van der Waals surface area (Å²) in [6.07, 6.45) is 1.14. The molecule has 0 bridgehead atoms. The number of thiophene rings is 1. The lowest BCUT2D eigenvalue weighted by atomic mass is 9.98. The number of nitrogens with zero attached hydrogens (tertiary/aromatic N) is 1. The molecule has 8 nitrogen and oxygen atoms in total. The molecule has 1 unspecified atom stereocenters. The Hall–Kier alpha value is -2.43. The van der Waals surface area contributed by atoms with Crippen LogP contribution in [0.25, 0.3) is 0 Å². The minimum absolute atomic E-state index is 0.0921. The van der Waals surface area contributed by atoms with Crippen LogP contribution in [0, 0.1) is 12.8 Å². The van der Waals surface area contributed by atoms with E-state index in [0.29, 0.717) is 30.8 Å². The first kappa shape index (κ1) is 22.3. The highest BCUT2D eigenvalue weighted by Crippen LogP contribution is 2.29. The molecule has 0 spiro atoms. The van der Waals surface area contributed by atoms with Gasteiger partial charge in [0.1, 0.15) is 9.96 Å². The van der Waals surface area contributed by atoms with E-state index in [9.17, 15) is 18.0 Å². The van der Waals surface area contributed by atoms with Gasteiger partial charge in [0.25, 0.3) is 10.0 Å². The summed E-state index contributed by atoms with van der Waals surface area (Å²) in [6.45, 7) is 2.32. The number of esters is 1. The predicted molar refractivity (Wildman–Crippen MR) is 114 cm³/mol. The SMILES string of the molecule is COC(=O)c1cc(OC)ccc1NC(=O)C1CCCN(S(=O)(=O)c2ccc(C)s2)C1. The van der Waals surface area contributed by atoms with Crippen LogP contribution in [0.5, 0.6) is 5.75 Å². The van der Waals surface area contributed by atoms with E-state index in [2.05, 4.69) is 5.32 Å². The van der Waals surface area contributed by atoms with E-state index in [1.807, 2.05) is 6.92 Å². The van der Waals surface area contributed by atoms with E-state index >= 15 is 0 Å². The number of anilines is 1. The molecule has 0 radical (unpaired) electrons. The highest BCUT2D eigenvalue weighted by molar-refractivity contribution is 7.91. The Bertz CT molecular complexity index is 1050. The third-order valence-corrected chi connectivity index (χ3v) is 8.29. The van der Waals surface area contributed by atoms with Crippen molar-refractivity contribution >= 4 is 38.9 Å². The van der Waals surface area contributed by atoms with Crippen LogP contribution in [-0.4, -0.2) is 51.9 Å². The zero-order valence-corrected chi connectivity index (χ0v) is 18.6. The number of hydrogen-bond acceptors (Lipinski definition) is 7. The largest absolute Gasteiger partial charge is 0.497 e. The van der Waals surface area contributed by atoms with Crippen LogP contribution in [-0.2, 0) is 19.6 Å². The summed E-state index contributed by atoms with van der Waals surface area (Å²) in [5.74, 6) is -1.02. The molecule has 3 rings (SSSR count). The quantitative estimate of drug-likeness (QED) is 0.676. The number of hydrogen-bond donors (Lipinski definition) is 1. The molecule has 1 atom stereocenters. The van der Waals surface area contributed by atoms with Gasteiger partial charge in [-0.1, -0.05) is 0 Å². The van der Waals surface area contributed by atoms with Crippen LogP contribution in [0.4, 0.5) is 5.69 Å². The first-order chi connectivity index (χ1) is 14.3. The molecule has 1 aliphatic rings. The van der Waals surface area contributed by atoms with Crippen LogP contribution in [0.1, 0.15) is 28.1 Å². The van der Waals surface area contributed by atoms with Gasteiger partial charge in [-0.3, -0.25) is 4.79 Å². The summed E-state index contributed by atoms with van der Waals surface area (Å²) in [6, 6.07) is 8.04. The van der Waals surface area contributed by atoms with Gasteiger partial charge in [0.2, 0.25) is 5.91 Å². The molecule has 1 aromatic carbocycles. The van der Waals surface area contributed by atoms with Crippen molar-refractivity contribution in [3.63, 3.8) is 0 Å². The molecule has 162 valence electrons. The summed E-state index contributed by atoms with van der Waals surface area (Å²) in [7, 11) is -0.907. The van der Waals surface area contributed by atoms with Gasteiger partial charge in [-0.2, -0.15) is 4.31 Å². The normalized spacial score (nSPS) is 17.4. The summed E-state index contributed by atoms with van der Waals surface area (Å²) in [5.41, 5.74) is 0.459. The van der Waals surface area contributed by atoms with Gasteiger partial charge >= 0.3 is 5.97 Å². The third-order valence-electron chi connectivity index (χ3n) is 4.95. The van der Waals surface area contributed by atoms with E-state index in [4.69, 9.17) is 9.47 Å². The van der Waals surface area contributed by atoms with Gasteiger partial charge in [-0.05, 0) is 50.1 Å². The molecule has 30 heavy (non-hydrogen) atoms. The predicted octanol–water partition coefficient (Wildman–Crippen LogP) is 2.89. The number of nitrogens with one attached hydrogen (secondary N) is 1. The fraction of sp³-hybridized carbons (Fsp3) is 0.400. The molecule has 0 saturated carbocycles. The van der Waals surface area contributed by atoms with Gasteiger partial charge in [0, 0.05) is 18.0 Å². The van der Waals surface area contributed by atoms with Crippen molar-refractivity contribution in [1.82, 2.24) is 4.31 Å². The van der Waals surface area contributed by atoms with Crippen molar-refractivity contribution in [2.75, 3.05) is 32.6 Å². The Kier molecular flexibility index (Phi) is 6.79. The molecule has 2 aromatic rings. The van der Waals surface area contributed by atoms with Crippen LogP contribution in [0.15, 0.2) is 34.5 Å². The molecule has 1 fully saturated rings. The van der Waals surface area contributed by atoms with E-state index in [1.54, 1.807) is 24.3 Å². The topological polar surface area (TPSA) is 102 Å². The Labute approximate surface area is 179 Å². The molecule has 1 N–H and O–H groups in total. The maximum absolute atomic E-state index is 12.9. The van der Waals surface area contributed by atoms with Crippen molar-refractivity contribution in [2.45, 2.75) is 24.0 Å². The van der Waals surface area contributed by atoms with E-state index in [0.717, 1.165) is 4.88 Å². The fourth-order valence-corrected chi connectivity index (χ4v) is 6.29. The first-order valence-corrected chi connectivity index (χ1v) is 11.7. The number of methoxy groups -OCH3 is 2. The third kappa shape index (κ3) is 4.66. The second-order valence-electron chi connectivity index (χ2n) is 6.96. The summed E-state index contributed by atoms with van der Waals surface area (Å²) in [4.78, 5) is 25.9. The highest BCUT2D eigenvalue weighted by atomic mass is 32.2. The second-order valence-corrected chi connectivity index (χ2v) is 10.4. The van der Waals surface area contributed by atoms with E-state index < -0.39 is 21.9 Å². The van der Waals surface area contributed by atoms with Crippen molar-refractivity contribution in [1.29, 1.82) is 0 Å². The monoisotopic (exact) mass is 452 g/mol. The van der Waals surface area contributed by atoms with Gasteiger partial charge in [0.15, 0.2) is 0 Å². The van der Waals surface area contributed by atoms with Crippen molar-refractivity contribution < 1.29 is 27.5 Å². The molecule has 2 heterocycles. The fourth-order valence-electron chi connectivity index (χ4n) is 3.33. The van der Waals surface area contributed by atoms with Crippen LogP contribution in [0.3, 0.4) is 0 Å². The summed E-state index contributed by atoms with van der Waals surface area (Å²) < 4.78 is 37.4. The Morgan fingerprint density at radius 2 is 1.97 bits per heavy atom. The molecule has 1 amide bonds. The number of amides is 1. The van der Waals surface area contributed by atoms with Crippen molar-refractivity contribution in [3.05, 3.63) is 40.8 Å². The maximum Gasteiger partial charge on any atom is 0.340 e. The Balaban J connectivity index is 1.77. The summed E-state index contributed by atoms with van der Waals surface area (Å²) >= 11 is 1.22. The van der Waals surface area contributed by atoms with Gasteiger partial charge in [0.05, 0.1) is 31.4 Å². The summed E-state index contributed by atoms with van der Waals surface area (Å²) in [5, 5.41) is 2.75. The Morgan fingerprint density at radius 3 is 2.60 bits per heavy atom. The lowest BCUT2D eigenvalue weighted by Crippen LogP contribution is -2.43. The number of piperidine rings is 1. The van der Waals surface area contributed by atoms with Crippen LogP contribution in [0.2, 0.25) is 0 Å². The number of carbonyl (C=O) groups is 2. The zero-order chi connectivity index (χ0) is 21.9. The van der Waals surface area contributed by atoms with Gasteiger partial charge < -0.3 is 14.8 Å². The zero-order valence-electron chi connectivity index (χ0n) is 17.0. The van der Waals surface area contributed by atoms with Crippen molar-refractivity contribution in [2.24, 2.45) is 5.92 Å². The lowest BCUT2D eigenvalue weighted by molar-refractivity contribution is -0.120. The number of sulfonamides is 1. The molecule has 1 aromatic heterocycles. The number of benzene rings is 1. The Morgan fingerprint density at radius 1 is 1.20 bits per heavy atom. The molecular formula is C20H24N2O6S2. The van der Waals surface area contributed by atoms with Crippen molar-refractivity contribution in [3.8, 4) is 5.75 Å². The number of rotatable bonds is 6. The minimum Gasteiger partial charge on any atom is -0.497 e. The smallest absolute Gasteiger partial charge is 0.340 e. The molecular weight excluding hydrogens is 428 g/mol. The molecule has 0 aliphatic carbocycles. The maximum atomic E-state index is 12.9. The number of aryl methyl sites for hydroxylation is 1. The van der Waals surface area contributed by atoms with E-state index in [-0.39, 0.29) is 22.2 Å². The van der Waals surface area contributed by atoms with Crippen LogP contribution >= 0.6 is 11.3 Å². The molecule has 10 heteroatoms. The number of ether oxygens (including phenoxy) is 2. The standard InChI is InChI=1S/C20H24N2O6S2/c1-13-6-9-18(29-13)30(25,26)22-10-4-5-14(12-22)19(23)21-17-8-7-15(27-2)11-16(17)20(24)28-3/h6-9,11,14H,4-5,10,12H2,1-3H3,(H,21,23). The minimum atomic E-state index is -3.63. The van der Waals surface area contributed by atoms with Gasteiger partial charge in [-0.25, -0.2) is 13.2 Å². The van der Waals surface area contributed by atoms with E-state index in [1.165, 1.54) is 35.9 Å². The highest BCUT2D eigenvalue weighted by Gasteiger charge is 2.34. The molecule has 1 saturated heterocycles. The second kappa shape index (κ2) is 9.15. The van der Waals surface area contributed by atoms with Gasteiger partial charge in [-0.15, -0.1) is 11.3 Å². The lowest BCUT2D eigenvalue weighted by Gasteiger charge is -2.31. The van der Waals surface area contributed by atoms with Crippen LogP contribution < -0.4 is 10.1 Å². The average molecular weight is 453 g/mol. The number of carbonyl (C=O) groups excluding carboxylic acids is 2. The first-order valence-electron chi connectivity index (χ1n) is 9.40.